The lowest BCUT2D eigenvalue weighted by molar-refractivity contribution is 0.597. The summed E-state index contributed by atoms with van der Waals surface area (Å²) < 4.78 is 37.3. The van der Waals surface area contributed by atoms with E-state index in [1.165, 1.54) is 18.2 Å². The molecule has 0 spiro atoms. The van der Waals surface area contributed by atoms with Crippen molar-refractivity contribution in [3.05, 3.63) is 60.0 Å². The van der Waals surface area contributed by atoms with Gasteiger partial charge in [0.2, 0.25) is 16.0 Å². The summed E-state index contributed by atoms with van der Waals surface area (Å²) in [5.74, 6) is 0.858. The van der Waals surface area contributed by atoms with Crippen molar-refractivity contribution in [2.75, 3.05) is 17.3 Å². The Morgan fingerprint density at radius 3 is 2.77 bits per heavy atom. The van der Waals surface area contributed by atoms with E-state index >= 15 is 0 Å². The first kappa shape index (κ1) is 19.7. The number of hydrogen-bond donors (Lipinski definition) is 3. The summed E-state index contributed by atoms with van der Waals surface area (Å²) in [6, 6.07) is 11.0. The molecule has 154 valence electrons. The van der Waals surface area contributed by atoms with Gasteiger partial charge in [-0.2, -0.15) is 10.1 Å². The summed E-state index contributed by atoms with van der Waals surface area (Å²) in [6.07, 6.45) is 1.55. The molecule has 0 amide bonds. The standard InChI is InChI=1S/C19H18FN7O2S/c1-11-8-12(10-13(9-11)30(21,28)29)23-19-22-7-6-16(24-19)27(2)18-14-4-3-5-15(20)17(14)25-26-18/h3-10H,1-2H3,(H,25,26)(H2,21,28,29)(H,22,23,24). The van der Waals surface area contributed by atoms with Crippen LogP contribution in [0.4, 0.5) is 27.7 Å². The number of hydrogen-bond acceptors (Lipinski definition) is 7. The van der Waals surface area contributed by atoms with Crippen molar-refractivity contribution in [2.45, 2.75) is 11.8 Å². The molecule has 0 saturated carbocycles. The van der Waals surface area contributed by atoms with Crippen molar-refractivity contribution in [3.63, 3.8) is 0 Å². The van der Waals surface area contributed by atoms with Crippen molar-refractivity contribution < 1.29 is 12.8 Å². The largest absolute Gasteiger partial charge is 0.324 e. The number of anilines is 4. The van der Waals surface area contributed by atoms with Gasteiger partial charge in [0.15, 0.2) is 5.82 Å². The Morgan fingerprint density at radius 2 is 2.00 bits per heavy atom. The highest BCUT2D eigenvalue weighted by Gasteiger charge is 2.16. The van der Waals surface area contributed by atoms with Crippen LogP contribution in [0, 0.1) is 12.7 Å². The number of aromatic nitrogens is 4. The Kier molecular flexibility index (Phi) is 4.84. The molecule has 9 nitrogen and oxygen atoms in total. The van der Waals surface area contributed by atoms with Crippen LogP contribution in [0.5, 0.6) is 0 Å². The molecule has 2 aromatic heterocycles. The molecule has 0 unspecified atom stereocenters. The van der Waals surface area contributed by atoms with E-state index in [1.807, 2.05) is 0 Å². The maximum atomic E-state index is 13.9. The number of nitrogens with one attached hydrogen (secondary N) is 2. The molecule has 4 rings (SSSR count). The van der Waals surface area contributed by atoms with Gasteiger partial charge in [-0.1, -0.05) is 6.07 Å². The van der Waals surface area contributed by atoms with Crippen molar-refractivity contribution in [2.24, 2.45) is 5.14 Å². The Hall–Kier alpha value is -3.57. The lowest BCUT2D eigenvalue weighted by Crippen LogP contribution is -2.14. The lowest BCUT2D eigenvalue weighted by Gasteiger charge is -2.16. The van der Waals surface area contributed by atoms with Gasteiger partial charge in [0, 0.05) is 24.3 Å². The van der Waals surface area contributed by atoms with Gasteiger partial charge in [-0.15, -0.1) is 0 Å². The van der Waals surface area contributed by atoms with Gasteiger partial charge in [-0.05, 0) is 48.9 Å². The zero-order chi connectivity index (χ0) is 21.5. The maximum Gasteiger partial charge on any atom is 0.238 e. The Balaban J connectivity index is 1.66. The maximum absolute atomic E-state index is 13.9. The lowest BCUT2D eigenvalue weighted by atomic mass is 10.2. The van der Waals surface area contributed by atoms with E-state index in [0.717, 1.165) is 0 Å². The van der Waals surface area contributed by atoms with E-state index < -0.39 is 15.8 Å². The number of rotatable bonds is 5. The van der Waals surface area contributed by atoms with Gasteiger partial charge in [0.05, 0.1) is 4.90 Å². The summed E-state index contributed by atoms with van der Waals surface area (Å²) in [5, 5.41) is 15.7. The van der Waals surface area contributed by atoms with E-state index in [9.17, 15) is 12.8 Å². The fourth-order valence-electron chi connectivity index (χ4n) is 3.07. The van der Waals surface area contributed by atoms with Gasteiger partial charge >= 0.3 is 0 Å². The van der Waals surface area contributed by atoms with Crippen molar-refractivity contribution >= 4 is 44.2 Å². The number of nitrogens with two attached hydrogens (primary N) is 1. The molecule has 0 atom stereocenters. The highest BCUT2D eigenvalue weighted by atomic mass is 32.2. The molecular weight excluding hydrogens is 409 g/mol. The minimum atomic E-state index is -3.85. The molecule has 11 heteroatoms. The molecule has 30 heavy (non-hydrogen) atoms. The molecular formula is C19H18FN7O2S. The van der Waals surface area contributed by atoms with Crippen LogP contribution in [0.15, 0.2) is 53.6 Å². The van der Waals surface area contributed by atoms with Crippen LogP contribution in [0.2, 0.25) is 0 Å². The number of nitrogens with zero attached hydrogens (tertiary/aromatic N) is 4. The van der Waals surface area contributed by atoms with E-state index in [2.05, 4.69) is 25.5 Å². The van der Waals surface area contributed by atoms with Crippen LogP contribution in [-0.2, 0) is 10.0 Å². The first-order chi connectivity index (χ1) is 14.2. The van der Waals surface area contributed by atoms with Crippen LogP contribution >= 0.6 is 0 Å². The molecule has 0 fully saturated rings. The number of benzene rings is 2. The smallest absolute Gasteiger partial charge is 0.238 e. The van der Waals surface area contributed by atoms with Gasteiger partial charge in [0.25, 0.3) is 0 Å². The topological polar surface area (TPSA) is 130 Å². The third-order valence-electron chi connectivity index (χ3n) is 4.47. The Labute approximate surface area is 171 Å². The van der Waals surface area contributed by atoms with Crippen molar-refractivity contribution in [3.8, 4) is 0 Å². The van der Waals surface area contributed by atoms with E-state index in [-0.39, 0.29) is 10.8 Å². The molecule has 0 aliphatic carbocycles. The highest BCUT2D eigenvalue weighted by Crippen LogP contribution is 2.29. The predicted octanol–water partition coefficient (Wildman–Crippen LogP) is 2.96. The predicted molar refractivity (Wildman–Crippen MR) is 112 cm³/mol. The fourth-order valence-corrected chi connectivity index (χ4v) is 3.71. The normalized spacial score (nSPS) is 11.6. The van der Waals surface area contributed by atoms with Gasteiger partial charge < -0.3 is 10.2 Å². The number of halogens is 1. The molecule has 0 saturated heterocycles. The molecule has 0 radical (unpaired) electrons. The number of fused-ring (bicyclic) bond motifs is 1. The average molecular weight is 427 g/mol. The molecule has 0 aliphatic rings. The minimum Gasteiger partial charge on any atom is -0.324 e. The van der Waals surface area contributed by atoms with Crippen LogP contribution < -0.4 is 15.4 Å². The third kappa shape index (κ3) is 3.80. The second kappa shape index (κ2) is 7.35. The second-order valence-corrected chi connectivity index (χ2v) is 8.27. The van der Waals surface area contributed by atoms with Gasteiger partial charge in [0.1, 0.15) is 17.2 Å². The highest BCUT2D eigenvalue weighted by molar-refractivity contribution is 7.89. The van der Waals surface area contributed by atoms with Crippen LogP contribution in [0.3, 0.4) is 0 Å². The Bertz CT molecular complexity index is 1350. The summed E-state index contributed by atoms with van der Waals surface area (Å²) in [4.78, 5) is 10.3. The summed E-state index contributed by atoms with van der Waals surface area (Å²) in [6.45, 7) is 1.76. The fraction of sp³-hybridized carbons (Fsp3) is 0.105. The summed E-state index contributed by atoms with van der Waals surface area (Å²) in [5.41, 5.74) is 1.50. The third-order valence-corrected chi connectivity index (χ3v) is 5.36. The Morgan fingerprint density at radius 1 is 1.20 bits per heavy atom. The molecule has 2 heterocycles. The summed E-state index contributed by atoms with van der Waals surface area (Å²) in [7, 11) is -2.10. The van der Waals surface area contributed by atoms with E-state index in [0.29, 0.717) is 33.8 Å². The number of para-hydroxylation sites is 1. The van der Waals surface area contributed by atoms with Crippen molar-refractivity contribution in [1.82, 2.24) is 20.2 Å². The van der Waals surface area contributed by atoms with Gasteiger partial charge in [-0.3, -0.25) is 5.10 Å². The quantitative estimate of drug-likeness (QED) is 0.446. The second-order valence-electron chi connectivity index (χ2n) is 6.71. The number of aryl methyl sites for hydroxylation is 1. The van der Waals surface area contributed by atoms with Crippen molar-refractivity contribution in [1.29, 1.82) is 0 Å². The first-order valence-electron chi connectivity index (χ1n) is 8.83. The van der Waals surface area contributed by atoms with Crippen LogP contribution in [0.25, 0.3) is 10.9 Å². The number of primary sulfonamides is 1. The number of sulfonamides is 1. The monoisotopic (exact) mass is 427 g/mol. The van der Waals surface area contributed by atoms with E-state index in [1.54, 1.807) is 49.3 Å². The summed E-state index contributed by atoms with van der Waals surface area (Å²) >= 11 is 0. The molecule has 4 N–H and O–H groups in total. The molecule has 4 aromatic rings. The average Bonchev–Trinajstić information content (AvgIpc) is 3.12. The first-order valence-corrected chi connectivity index (χ1v) is 10.4. The van der Waals surface area contributed by atoms with Crippen LogP contribution in [0.1, 0.15) is 5.56 Å². The number of H-pyrrole nitrogens is 1. The van der Waals surface area contributed by atoms with Crippen LogP contribution in [-0.4, -0.2) is 35.6 Å². The minimum absolute atomic E-state index is 0.0108. The van der Waals surface area contributed by atoms with Gasteiger partial charge in [-0.25, -0.2) is 22.9 Å². The molecule has 0 bridgehead atoms. The zero-order valence-electron chi connectivity index (χ0n) is 16.1. The molecule has 0 aliphatic heterocycles. The van der Waals surface area contributed by atoms with E-state index in [4.69, 9.17) is 5.14 Å². The zero-order valence-corrected chi connectivity index (χ0v) is 16.9. The SMILES string of the molecule is Cc1cc(Nc2nccc(N(C)c3n[nH]c4c(F)cccc34)n2)cc(S(N)(=O)=O)c1. The molecule has 2 aromatic carbocycles. The number of aromatic amines is 1.